The summed E-state index contributed by atoms with van der Waals surface area (Å²) < 4.78 is 0. The summed E-state index contributed by atoms with van der Waals surface area (Å²) in [5.74, 6) is 0.860. The van der Waals surface area contributed by atoms with Crippen molar-refractivity contribution in [3.05, 3.63) is 0 Å². The third-order valence-corrected chi connectivity index (χ3v) is 2.64. The van der Waals surface area contributed by atoms with Gasteiger partial charge in [0.25, 0.3) is 0 Å². The summed E-state index contributed by atoms with van der Waals surface area (Å²) in [7, 11) is 0. The van der Waals surface area contributed by atoms with Gasteiger partial charge >= 0.3 is 0 Å². The lowest BCUT2D eigenvalue weighted by molar-refractivity contribution is 0.248. The van der Waals surface area contributed by atoms with Gasteiger partial charge < -0.3 is 11.1 Å². The molecule has 1 atom stereocenters. The van der Waals surface area contributed by atoms with Crippen LogP contribution in [0.2, 0.25) is 0 Å². The molecule has 0 bridgehead atoms. The summed E-state index contributed by atoms with van der Waals surface area (Å²) in [6.07, 6.45) is 3.67. The minimum atomic E-state index is 0.499. The fourth-order valence-electron chi connectivity index (χ4n) is 1.47. The first-order valence-electron chi connectivity index (χ1n) is 4.71. The standard InChI is InChI=1S/C9H20N2/c1-3-7(2)11-6-8-4-9(10)5-8/h7-9,11H,3-6,10H2,1-2H3. The SMILES string of the molecule is CCC(C)NCC1CC(N)C1. The van der Waals surface area contributed by atoms with Crippen LogP contribution >= 0.6 is 0 Å². The summed E-state index contributed by atoms with van der Waals surface area (Å²) in [4.78, 5) is 0. The van der Waals surface area contributed by atoms with Crippen LogP contribution in [-0.4, -0.2) is 18.6 Å². The summed E-state index contributed by atoms with van der Waals surface area (Å²) in [6.45, 7) is 5.62. The highest BCUT2D eigenvalue weighted by Crippen LogP contribution is 2.24. The van der Waals surface area contributed by atoms with Crippen LogP contribution < -0.4 is 11.1 Å². The van der Waals surface area contributed by atoms with Gasteiger partial charge in [-0.15, -0.1) is 0 Å². The molecule has 0 saturated heterocycles. The molecule has 3 N–H and O–H groups in total. The minimum absolute atomic E-state index is 0.499. The van der Waals surface area contributed by atoms with Gasteiger partial charge in [0.15, 0.2) is 0 Å². The average Bonchev–Trinajstić information content (AvgIpc) is 1.95. The van der Waals surface area contributed by atoms with E-state index in [1.165, 1.54) is 25.8 Å². The zero-order valence-electron chi connectivity index (χ0n) is 7.64. The Morgan fingerprint density at radius 3 is 2.64 bits per heavy atom. The first-order valence-corrected chi connectivity index (χ1v) is 4.71. The van der Waals surface area contributed by atoms with E-state index in [0.29, 0.717) is 12.1 Å². The van der Waals surface area contributed by atoms with Crippen molar-refractivity contribution in [2.24, 2.45) is 11.7 Å². The zero-order valence-corrected chi connectivity index (χ0v) is 7.64. The molecule has 0 aromatic carbocycles. The zero-order chi connectivity index (χ0) is 8.27. The highest BCUT2D eigenvalue weighted by Gasteiger charge is 2.25. The Kier molecular flexibility index (Phi) is 3.34. The largest absolute Gasteiger partial charge is 0.328 e. The van der Waals surface area contributed by atoms with E-state index in [0.717, 1.165) is 5.92 Å². The molecule has 66 valence electrons. The Labute approximate surface area is 69.5 Å². The number of hydrogen-bond acceptors (Lipinski definition) is 2. The second-order valence-electron chi connectivity index (χ2n) is 3.82. The normalized spacial score (nSPS) is 33.0. The second-order valence-corrected chi connectivity index (χ2v) is 3.82. The second kappa shape index (κ2) is 4.07. The molecule has 1 aliphatic carbocycles. The summed E-state index contributed by atoms with van der Waals surface area (Å²) in [5, 5.41) is 3.50. The maximum Gasteiger partial charge on any atom is 0.00450 e. The first-order chi connectivity index (χ1) is 5.22. The third kappa shape index (κ3) is 2.80. The lowest BCUT2D eigenvalue weighted by Crippen LogP contribution is -2.43. The van der Waals surface area contributed by atoms with Gasteiger partial charge in [0.2, 0.25) is 0 Å². The molecule has 11 heavy (non-hydrogen) atoms. The average molecular weight is 156 g/mol. The molecule has 1 saturated carbocycles. The molecule has 0 aromatic heterocycles. The maximum atomic E-state index is 5.68. The van der Waals surface area contributed by atoms with E-state index in [1.807, 2.05) is 0 Å². The summed E-state index contributed by atoms with van der Waals surface area (Å²) in [6, 6.07) is 1.17. The van der Waals surface area contributed by atoms with Crippen molar-refractivity contribution in [2.45, 2.75) is 45.2 Å². The van der Waals surface area contributed by atoms with Crippen LogP contribution in [0.5, 0.6) is 0 Å². The predicted octanol–water partition coefficient (Wildman–Crippen LogP) is 1.11. The summed E-state index contributed by atoms with van der Waals surface area (Å²) >= 11 is 0. The molecule has 1 fully saturated rings. The van der Waals surface area contributed by atoms with Crippen molar-refractivity contribution in [3.8, 4) is 0 Å². The van der Waals surface area contributed by atoms with Gasteiger partial charge in [0, 0.05) is 12.1 Å². The van der Waals surface area contributed by atoms with Crippen molar-refractivity contribution >= 4 is 0 Å². The van der Waals surface area contributed by atoms with Crippen LogP contribution in [0, 0.1) is 5.92 Å². The summed E-state index contributed by atoms with van der Waals surface area (Å²) in [5.41, 5.74) is 5.68. The van der Waals surface area contributed by atoms with Gasteiger partial charge in [0.05, 0.1) is 0 Å². The molecule has 1 rings (SSSR count). The molecule has 2 heteroatoms. The Balaban J connectivity index is 1.96. The Bertz CT molecular complexity index is 108. The van der Waals surface area contributed by atoms with Crippen LogP contribution in [0.4, 0.5) is 0 Å². The van der Waals surface area contributed by atoms with Crippen molar-refractivity contribution in [2.75, 3.05) is 6.54 Å². The highest BCUT2D eigenvalue weighted by atomic mass is 14.9. The Morgan fingerprint density at radius 2 is 2.18 bits per heavy atom. The number of hydrogen-bond donors (Lipinski definition) is 2. The molecule has 0 aliphatic heterocycles. The highest BCUT2D eigenvalue weighted by molar-refractivity contribution is 4.83. The molecular weight excluding hydrogens is 136 g/mol. The van der Waals surface area contributed by atoms with Crippen LogP contribution in [0.25, 0.3) is 0 Å². The van der Waals surface area contributed by atoms with Crippen LogP contribution in [0.15, 0.2) is 0 Å². The molecule has 0 radical (unpaired) electrons. The quantitative estimate of drug-likeness (QED) is 0.640. The smallest absolute Gasteiger partial charge is 0.00450 e. The molecule has 0 spiro atoms. The Hall–Kier alpha value is -0.0800. The van der Waals surface area contributed by atoms with Gasteiger partial charge in [-0.25, -0.2) is 0 Å². The van der Waals surface area contributed by atoms with Gasteiger partial charge in [-0.05, 0) is 38.6 Å². The number of nitrogens with two attached hydrogens (primary N) is 1. The van der Waals surface area contributed by atoms with Gasteiger partial charge in [-0.1, -0.05) is 6.92 Å². The van der Waals surface area contributed by atoms with Crippen molar-refractivity contribution < 1.29 is 0 Å². The van der Waals surface area contributed by atoms with Crippen LogP contribution in [0.1, 0.15) is 33.1 Å². The van der Waals surface area contributed by atoms with E-state index in [-0.39, 0.29) is 0 Å². The van der Waals surface area contributed by atoms with E-state index in [1.54, 1.807) is 0 Å². The van der Waals surface area contributed by atoms with Crippen LogP contribution in [0.3, 0.4) is 0 Å². The van der Waals surface area contributed by atoms with E-state index >= 15 is 0 Å². The molecule has 0 aromatic rings. The minimum Gasteiger partial charge on any atom is -0.328 e. The number of nitrogens with one attached hydrogen (secondary N) is 1. The van der Waals surface area contributed by atoms with Gasteiger partial charge in [-0.3, -0.25) is 0 Å². The van der Waals surface area contributed by atoms with Crippen molar-refractivity contribution in [3.63, 3.8) is 0 Å². The van der Waals surface area contributed by atoms with Gasteiger partial charge in [-0.2, -0.15) is 0 Å². The fourth-order valence-corrected chi connectivity index (χ4v) is 1.47. The van der Waals surface area contributed by atoms with Gasteiger partial charge in [0.1, 0.15) is 0 Å². The third-order valence-electron chi connectivity index (χ3n) is 2.64. The molecule has 2 nitrogen and oxygen atoms in total. The maximum absolute atomic E-state index is 5.68. The number of rotatable bonds is 4. The molecular formula is C9H20N2. The lowest BCUT2D eigenvalue weighted by Gasteiger charge is -2.33. The Morgan fingerprint density at radius 1 is 1.55 bits per heavy atom. The van der Waals surface area contributed by atoms with E-state index < -0.39 is 0 Å². The van der Waals surface area contributed by atoms with E-state index in [2.05, 4.69) is 19.2 Å². The van der Waals surface area contributed by atoms with E-state index in [9.17, 15) is 0 Å². The lowest BCUT2D eigenvalue weighted by atomic mass is 9.81. The van der Waals surface area contributed by atoms with Crippen LogP contribution in [-0.2, 0) is 0 Å². The molecule has 1 aliphatic rings. The molecule has 1 unspecified atom stereocenters. The monoisotopic (exact) mass is 156 g/mol. The molecule has 0 heterocycles. The first kappa shape index (κ1) is 9.01. The molecule has 0 amide bonds. The topological polar surface area (TPSA) is 38.0 Å². The predicted molar refractivity (Wildman–Crippen MR) is 48.5 cm³/mol. The van der Waals surface area contributed by atoms with Crippen molar-refractivity contribution in [1.82, 2.24) is 5.32 Å². The van der Waals surface area contributed by atoms with Crippen molar-refractivity contribution in [1.29, 1.82) is 0 Å². The fraction of sp³-hybridized carbons (Fsp3) is 1.00. The van der Waals surface area contributed by atoms with E-state index in [4.69, 9.17) is 5.73 Å².